The third-order valence-electron chi connectivity index (χ3n) is 1.60. The Hall–Kier alpha value is -0.460. The highest BCUT2D eigenvalue weighted by atomic mass is 79.9. The van der Waals surface area contributed by atoms with Gasteiger partial charge in [0.25, 0.3) is 0 Å². The fourth-order valence-corrected chi connectivity index (χ4v) is 1.84. The molecule has 0 heterocycles. The maximum atomic E-state index is 13.3. The van der Waals surface area contributed by atoms with E-state index in [1.165, 1.54) is 24.5 Å². The van der Waals surface area contributed by atoms with Crippen molar-refractivity contribution >= 4 is 33.0 Å². The predicted molar refractivity (Wildman–Crippen MR) is 60.7 cm³/mol. The molecule has 0 saturated carbocycles. The minimum atomic E-state index is -1.54. The van der Waals surface area contributed by atoms with E-state index < -0.39 is 23.9 Å². The predicted octanol–water partition coefficient (Wildman–Crippen LogP) is 2.64. The van der Waals surface area contributed by atoms with Crippen LogP contribution in [0.25, 0.3) is 0 Å². The maximum Gasteiger partial charge on any atom is 0.137 e. The van der Waals surface area contributed by atoms with E-state index in [1.807, 2.05) is 0 Å². The van der Waals surface area contributed by atoms with Gasteiger partial charge in [-0.05, 0) is 18.2 Å². The van der Waals surface area contributed by atoms with Crippen LogP contribution < -0.4 is 0 Å². The van der Waals surface area contributed by atoms with Gasteiger partial charge in [0, 0.05) is 10.0 Å². The SMILES string of the molecule is C[S+]([O-])/N=C(/CF)c1cc(Br)ccc1F. The van der Waals surface area contributed by atoms with Crippen molar-refractivity contribution in [3.8, 4) is 0 Å². The van der Waals surface area contributed by atoms with Gasteiger partial charge < -0.3 is 4.55 Å². The average molecular weight is 296 g/mol. The summed E-state index contributed by atoms with van der Waals surface area (Å²) in [5.74, 6) is -0.583. The number of nitrogens with zero attached hydrogens (tertiary/aromatic N) is 1. The number of hydrogen-bond donors (Lipinski definition) is 0. The van der Waals surface area contributed by atoms with E-state index in [1.54, 1.807) is 0 Å². The number of halogens is 3. The third kappa shape index (κ3) is 3.55. The lowest BCUT2D eigenvalue weighted by molar-refractivity contribution is 0.574. The van der Waals surface area contributed by atoms with Gasteiger partial charge >= 0.3 is 0 Å². The van der Waals surface area contributed by atoms with Gasteiger partial charge in [-0.2, -0.15) is 0 Å². The molecule has 0 fully saturated rings. The van der Waals surface area contributed by atoms with Crippen LogP contribution in [0.2, 0.25) is 0 Å². The molecule has 1 aromatic rings. The first-order valence-corrected chi connectivity index (χ1v) is 6.28. The summed E-state index contributed by atoms with van der Waals surface area (Å²) >= 11 is 1.60. The molecule has 1 aromatic carbocycles. The highest BCUT2D eigenvalue weighted by molar-refractivity contribution is 9.10. The molecule has 1 atom stereocenters. The van der Waals surface area contributed by atoms with Gasteiger partial charge in [0.2, 0.25) is 0 Å². The molecule has 0 aromatic heterocycles. The van der Waals surface area contributed by atoms with Gasteiger partial charge in [-0.1, -0.05) is 20.3 Å². The molecule has 0 amide bonds. The molecular weight excluding hydrogens is 288 g/mol. The second-order valence-electron chi connectivity index (χ2n) is 2.72. The van der Waals surface area contributed by atoms with Crippen LogP contribution in [0.1, 0.15) is 5.56 Å². The Bertz CT molecular complexity index is 384. The Morgan fingerprint density at radius 3 is 2.80 bits per heavy atom. The van der Waals surface area contributed by atoms with E-state index in [0.717, 1.165) is 0 Å². The summed E-state index contributed by atoms with van der Waals surface area (Å²) in [6.07, 6.45) is 1.30. The van der Waals surface area contributed by atoms with Crippen molar-refractivity contribution in [2.75, 3.05) is 12.9 Å². The van der Waals surface area contributed by atoms with Crippen LogP contribution in [0.4, 0.5) is 8.78 Å². The summed E-state index contributed by atoms with van der Waals surface area (Å²) < 4.78 is 40.8. The summed E-state index contributed by atoms with van der Waals surface area (Å²) in [4.78, 5) is 0. The third-order valence-corrected chi connectivity index (χ3v) is 2.58. The Labute approximate surface area is 97.8 Å². The van der Waals surface area contributed by atoms with E-state index >= 15 is 0 Å². The molecular formula is C9H8BrF2NOS. The maximum absolute atomic E-state index is 13.3. The van der Waals surface area contributed by atoms with Crippen LogP contribution in [0.3, 0.4) is 0 Å². The lowest BCUT2D eigenvalue weighted by Crippen LogP contribution is -2.09. The quantitative estimate of drug-likeness (QED) is 0.624. The van der Waals surface area contributed by atoms with Crippen LogP contribution >= 0.6 is 15.9 Å². The van der Waals surface area contributed by atoms with Crippen molar-refractivity contribution in [2.24, 2.45) is 4.40 Å². The van der Waals surface area contributed by atoms with Crippen molar-refractivity contribution in [1.82, 2.24) is 0 Å². The lowest BCUT2D eigenvalue weighted by atomic mass is 10.1. The first-order chi connectivity index (χ1) is 7.04. The standard InChI is InChI=1S/C9H8BrF2NOS/c1-15(14)13-9(5-11)7-4-6(10)2-3-8(7)12/h2-4H,5H2,1H3/b13-9-. The van der Waals surface area contributed by atoms with Crippen molar-refractivity contribution in [2.45, 2.75) is 0 Å². The Morgan fingerprint density at radius 2 is 2.27 bits per heavy atom. The van der Waals surface area contributed by atoms with Crippen molar-refractivity contribution in [3.05, 3.63) is 34.1 Å². The number of rotatable bonds is 3. The fourth-order valence-electron chi connectivity index (χ4n) is 1.02. The molecule has 0 radical (unpaired) electrons. The highest BCUT2D eigenvalue weighted by Gasteiger charge is 2.13. The zero-order valence-electron chi connectivity index (χ0n) is 7.84. The van der Waals surface area contributed by atoms with Gasteiger partial charge in [0.05, 0.1) is 11.4 Å². The van der Waals surface area contributed by atoms with E-state index in [2.05, 4.69) is 20.3 Å². The topological polar surface area (TPSA) is 35.4 Å². The molecule has 0 saturated heterocycles. The zero-order chi connectivity index (χ0) is 11.4. The summed E-state index contributed by atoms with van der Waals surface area (Å²) in [5.41, 5.74) is -0.114. The molecule has 0 aliphatic heterocycles. The van der Waals surface area contributed by atoms with Gasteiger partial charge in [0.1, 0.15) is 24.5 Å². The Balaban J connectivity index is 3.17. The second kappa shape index (κ2) is 5.58. The average Bonchev–Trinajstić information content (AvgIpc) is 2.18. The fraction of sp³-hybridized carbons (Fsp3) is 0.222. The summed E-state index contributed by atoms with van der Waals surface area (Å²) in [7, 11) is 0. The molecule has 0 bridgehead atoms. The Kier molecular flexibility index (Phi) is 4.69. The van der Waals surface area contributed by atoms with E-state index in [0.29, 0.717) is 4.47 Å². The van der Waals surface area contributed by atoms with Gasteiger partial charge in [-0.3, -0.25) is 0 Å². The molecule has 1 unspecified atom stereocenters. The van der Waals surface area contributed by atoms with Crippen LogP contribution in [0.15, 0.2) is 27.1 Å². The van der Waals surface area contributed by atoms with Crippen LogP contribution in [0, 0.1) is 5.82 Å². The van der Waals surface area contributed by atoms with Gasteiger partial charge in [-0.25, -0.2) is 8.78 Å². The lowest BCUT2D eigenvalue weighted by Gasteiger charge is -2.04. The largest absolute Gasteiger partial charge is 0.591 e. The molecule has 0 aliphatic rings. The summed E-state index contributed by atoms with van der Waals surface area (Å²) in [6, 6.07) is 4.10. The van der Waals surface area contributed by atoms with Crippen LogP contribution in [-0.2, 0) is 11.4 Å². The van der Waals surface area contributed by atoms with Crippen molar-refractivity contribution < 1.29 is 13.3 Å². The van der Waals surface area contributed by atoms with E-state index in [9.17, 15) is 13.3 Å². The molecule has 6 heteroatoms. The normalized spacial score (nSPS) is 14.1. The van der Waals surface area contributed by atoms with Crippen molar-refractivity contribution in [3.63, 3.8) is 0 Å². The first kappa shape index (κ1) is 12.6. The molecule has 0 spiro atoms. The highest BCUT2D eigenvalue weighted by Crippen LogP contribution is 2.17. The molecule has 1 rings (SSSR count). The number of hydrogen-bond acceptors (Lipinski definition) is 2. The zero-order valence-corrected chi connectivity index (χ0v) is 10.2. The second-order valence-corrected chi connectivity index (χ2v) is 4.67. The smallest absolute Gasteiger partial charge is 0.137 e. The van der Waals surface area contributed by atoms with E-state index in [-0.39, 0.29) is 11.3 Å². The van der Waals surface area contributed by atoms with Crippen molar-refractivity contribution in [1.29, 1.82) is 0 Å². The molecule has 0 N–H and O–H groups in total. The monoisotopic (exact) mass is 295 g/mol. The number of alkyl halides is 1. The van der Waals surface area contributed by atoms with Gasteiger partial charge in [0.15, 0.2) is 0 Å². The molecule has 82 valence electrons. The first-order valence-electron chi connectivity index (χ1n) is 3.97. The summed E-state index contributed by atoms with van der Waals surface area (Å²) in [5, 5.41) is 0. The van der Waals surface area contributed by atoms with Crippen LogP contribution in [0.5, 0.6) is 0 Å². The molecule has 2 nitrogen and oxygen atoms in total. The minimum absolute atomic E-state index is 0.0297. The minimum Gasteiger partial charge on any atom is -0.591 e. The molecule has 0 aliphatic carbocycles. The Morgan fingerprint density at radius 1 is 1.60 bits per heavy atom. The van der Waals surface area contributed by atoms with Crippen LogP contribution in [-0.4, -0.2) is 23.2 Å². The van der Waals surface area contributed by atoms with Gasteiger partial charge in [-0.15, -0.1) is 0 Å². The summed E-state index contributed by atoms with van der Waals surface area (Å²) in [6.45, 7) is -0.951. The molecule has 15 heavy (non-hydrogen) atoms. The van der Waals surface area contributed by atoms with E-state index in [4.69, 9.17) is 0 Å². The number of benzene rings is 1.